The third kappa shape index (κ3) is 3.58. The Balaban J connectivity index is 1.30. The summed E-state index contributed by atoms with van der Waals surface area (Å²) in [5, 5.41) is 0.347. The fraction of sp³-hybridized carbons (Fsp3) is 0.200. The maximum absolute atomic E-state index is 5.62. The highest BCUT2D eigenvalue weighted by Crippen LogP contribution is 2.47. The van der Waals surface area contributed by atoms with Crippen molar-refractivity contribution in [2.45, 2.75) is 23.1 Å². The number of thioether (sulfide) groups is 1. The second-order valence-corrected chi connectivity index (χ2v) is 9.06. The van der Waals surface area contributed by atoms with E-state index in [0.717, 1.165) is 36.7 Å². The molecule has 4 aromatic rings. The molecule has 2 aliphatic heterocycles. The molecule has 0 spiro atoms. The smallest absolute Gasteiger partial charge is 0.233 e. The van der Waals surface area contributed by atoms with Crippen molar-refractivity contribution in [3.8, 4) is 17.4 Å². The minimum atomic E-state index is 0.304. The molecule has 7 heteroatoms. The Morgan fingerprint density at radius 3 is 2.75 bits per heavy atom. The van der Waals surface area contributed by atoms with E-state index in [0.29, 0.717) is 18.0 Å². The largest absolute Gasteiger partial charge is 0.454 e. The predicted octanol–water partition coefficient (Wildman–Crippen LogP) is 5.24. The van der Waals surface area contributed by atoms with E-state index < -0.39 is 0 Å². The SMILES string of the molecule is c1cnc(-n2cccc2CN2CCC(c3ccc4c(c3)OCO4)Sc3ccccc32)nc1. The van der Waals surface area contributed by atoms with Gasteiger partial charge in [0.15, 0.2) is 11.5 Å². The van der Waals surface area contributed by atoms with Crippen LogP contribution in [0.15, 0.2) is 84.1 Å². The number of para-hydroxylation sites is 1. The van der Waals surface area contributed by atoms with Gasteiger partial charge in [-0.25, -0.2) is 9.97 Å². The monoisotopic (exact) mass is 442 g/mol. The van der Waals surface area contributed by atoms with Gasteiger partial charge < -0.3 is 14.4 Å². The highest BCUT2D eigenvalue weighted by atomic mass is 32.2. The Hall–Kier alpha value is -3.45. The summed E-state index contributed by atoms with van der Waals surface area (Å²) in [5.74, 6) is 2.37. The van der Waals surface area contributed by atoms with Crippen LogP contribution in [0, 0.1) is 0 Å². The first kappa shape index (κ1) is 19.3. The number of rotatable bonds is 4. The van der Waals surface area contributed by atoms with Crippen molar-refractivity contribution in [1.82, 2.24) is 14.5 Å². The van der Waals surface area contributed by atoms with Gasteiger partial charge >= 0.3 is 0 Å². The summed E-state index contributed by atoms with van der Waals surface area (Å²) in [4.78, 5) is 12.6. The van der Waals surface area contributed by atoms with Crippen molar-refractivity contribution in [2.75, 3.05) is 18.2 Å². The highest BCUT2D eigenvalue weighted by Gasteiger charge is 2.25. The van der Waals surface area contributed by atoms with Crippen LogP contribution in [0.3, 0.4) is 0 Å². The summed E-state index contributed by atoms with van der Waals surface area (Å²) < 4.78 is 13.2. The molecule has 0 fully saturated rings. The number of ether oxygens (including phenoxy) is 2. The summed E-state index contributed by atoms with van der Waals surface area (Å²) in [5.41, 5.74) is 3.71. The third-order valence-electron chi connectivity index (χ3n) is 5.86. The first-order valence-corrected chi connectivity index (χ1v) is 11.6. The minimum absolute atomic E-state index is 0.304. The number of aromatic nitrogens is 3. The second kappa shape index (κ2) is 8.24. The topological polar surface area (TPSA) is 52.4 Å². The summed E-state index contributed by atoms with van der Waals surface area (Å²) in [7, 11) is 0. The average molecular weight is 443 g/mol. The van der Waals surface area contributed by atoms with Crippen molar-refractivity contribution in [2.24, 2.45) is 0 Å². The van der Waals surface area contributed by atoms with Crippen molar-refractivity contribution >= 4 is 17.4 Å². The number of nitrogens with zero attached hydrogens (tertiary/aromatic N) is 4. The molecule has 0 radical (unpaired) electrons. The lowest BCUT2D eigenvalue weighted by Crippen LogP contribution is -2.25. The molecule has 0 N–H and O–H groups in total. The molecule has 2 aliphatic rings. The first-order valence-electron chi connectivity index (χ1n) is 10.7. The van der Waals surface area contributed by atoms with Crippen LogP contribution in [0.4, 0.5) is 5.69 Å². The molecule has 0 bridgehead atoms. The van der Waals surface area contributed by atoms with E-state index in [2.05, 4.69) is 68.0 Å². The molecule has 0 saturated heterocycles. The lowest BCUT2D eigenvalue weighted by atomic mass is 10.1. The molecule has 6 nitrogen and oxygen atoms in total. The van der Waals surface area contributed by atoms with Crippen molar-refractivity contribution in [3.63, 3.8) is 0 Å². The molecule has 0 amide bonds. The van der Waals surface area contributed by atoms with Gasteiger partial charge in [-0.1, -0.05) is 18.2 Å². The quantitative estimate of drug-likeness (QED) is 0.431. The summed E-state index contributed by atoms with van der Waals surface area (Å²) in [6.45, 7) is 2.04. The zero-order valence-electron chi connectivity index (χ0n) is 17.4. The Labute approximate surface area is 190 Å². The van der Waals surface area contributed by atoms with Gasteiger partial charge in [-0.3, -0.25) is 4.57 Å². The van der Waals surface area contributed by atoms with E-state index in [1.165, 1.54) is 16.1 Å². The second-order valence-electron chi connectivity index (χ2n) is 7.82. The van der Waals surface area contributed by atoms with Crippen LogP contribution in [0.25, 0.3) is 5.95 Å². The molecule has 0 saturated carbocycles. The number of hydrogen-bond donors (Lipinski definition) is 0. The van der Waals surface area contributed by atoms with Crippen molar-refractivity contribution in [3.05, 3.63) is 90.5 Å². The first-order chi connectivity index (χ1) is 15.8. The maximum Gasteiger partial charge on any atom is 0.233 e. The Morgan fingerprint density at radius 1 is 0.938 bits per heavy atom. The fourth-order valence-corrected chi connectivity index (χ4v) is 5.58. The Bertz CT molecular complexity index is 1240. The van der Waals surface area contributed by atoms with Gasteiger partial charge in [0.05, 0.1) is 12.2 Å². The molecule has 2 aromatic carbocycles. The number of benzene rings is 2. The van der Waals surface area contributed by atoms with Crippen molar-refractivity contribution < 1.29 is 9.47 Å². The fourth-order valence-electron chi connectivity index (χ4n) is 4.29. The number of anilines is 1. The normalized spacial score (nSPS) is 17.1. The highest BCUT2D eigenvalue weighted by molar-refractivity contribution is 7.99. The van der Waals surface area contributed by atoms with Crippen LogP contribution in [0.1, 0.15) is 22.9 Å². The Morgan fingerprint density at radius 2 is 1.81 bits per heavy atom. The molecule has 2 aromatic heterocycles. The van der Waals surface area contributed by atoms with E-state index in [9.17, 15) is 0 Å². The van der Waals surface area contributed by atoms with Gasteiger partial charge in [0, 0.05) is 41.0 Å². The van der Waals surface area contributed by atoms with E-state index in [1.807, 2.05) is 30.1 Å². The van der Waals surface area contributed by atoms with Gasteiger partial charge in [-0.05, 0) is 54.4 Å². The van der Waals surface area contributed by atoms with Crippen molar-refractivity contribution in [1.29, 1.82) is 0 Å². The molecule has 4 heterocycles. The Kier molecular flexibility index (Phi) is 4.96. The molecule has 6 rings (SSSR count). The maximum atomic E-state index is 5.62. The number of hydrogen-bond acceptors (Lipinski definition) is 6. The summed E-state index contributed by atoms with van der Waals surface area (Å²) in [6.07, 6.45) is 6.61. The van der Waals surface area contributed by atoms with Crippen LogP contribution in [0.2, 0.25) is 0 Å². The standard InChI is InChI=1S/C25H22N4O2S/c1-2-7-24-20(6-1)28(16-19-5-3-13-29(19)25-26-11-4-12-27-25)14-10-23(32-24)18-8-9-21-22(15-18)31-17-30-21/h1-9,11-13,15,23H,10,14,16-17H2. The third-order valence-corrected chi connectivity index (χ3v) is 7.25. The average Bonchev–Trinajstić information content (AvgIpc) is 3.46. The zero-order valence-corrected chi connectivity index (χ0v) is 18.2. The molecular weight excluding hydrogens is 420 g/mol. The number of fused-ring (bicyclic) bond motifs is 2. The van der Waals surface area contributed by atoms with E-state index in [-0.39, 0.29) is 0 Å². The van der Waals surface area contributed by atoms with Gasteiger partial charge in [-0.2, -0.15) is 0 Å². The zero-order chi connectivity index (χ0) is 21.3. The van der Waals surface area contributed by atoms with Crippen LogP contribution < -0.4 is 14.4 Å². The van der Waals surface area contributed by atoms with Crippen LogP contribution in [-0.2, 0) is 6.54 Å². The van der Waals surface area contributed by atoms with Gasteiger partial charge in [0.2, 0.25) is 12.7 Å². The van der Waals surface area contributed by atoms with Gasteiger partial charge in [0.1, 0.15) is 0 Å². The molecule has 32 heavy (non-hydrogen) atoms. The van der Waals surface area contributed by atoms with Crippen LogP contribution >= 0.6 is 11.8 Å². The minimum Gasteiger partial charge on any atom is -0.454 e. The lowest BCUT2D eigenvalue weighted by Gasteiger charge is -2.25. The van der Waals surface area contributed by atoms with Crippen LogP contribution in [-0.4, -0.2) is 27.9 Å². The van der Waals surface area contributed by atoms with Gasteiger partial charge in [0.25, 0.3) is 0 Å². The van der Waals surface area contributed by atoms with Crippen LogP contribution in [0.5, 0.6) is 11.5 Å². The van der Waals surface area contributed by atoms with E-state index >= 15 is 0 Å². The molecule has 1 unspecified atom stereocenters. The molecule has 160 valence electrons. The lowest BCUT2D eigenvalue weighted by molar-refractivity contribution is 0.174. The molecule has 0 aliphatic carbocycles. The van der Waals surface area contributed by atoms with E-state index in [1.54, 1.807) is 12.4 Å². The summed E-state index contributed by atoms with van der Waals surface area (Å²) in [6, 6.07) is 21.0. The van der Waals surface area contributed by atoms with Gasteiger partial charge in [-0.15, -0.1) is 11.8 Å². The predicted molar refractivity (Wildman–Crippen MR) is 125 cm³/mol. The molecular formula is C25H22N4O2S. The van der Waals surface area contributed by atoms with E-state index in [4.69, 9.17) is 9.47 Å². The summed E-state index contributed by atoms with van der Waals surface area (Å²) >= 11 is 1.92. The molecule has 1 atom stereocenters.